The number of amides is 8. The third-order valence-corrected chi connectivity index (χ3v) is 11.8. The summed E-state index contributed by atoms with van der Waals surface area (Å²) in [6.07, 6.45) is 1.83. The van der Waals surface area contributed by atoms with Crippen molar-refractivity contribution in [2.24, 2.45) is 0 Å². The Hall–Kier alpha value is -6.12. The average Bonchev–Trinajstić information content (AvgIpc) is 3.19. The van der Waals surface area contributed by atoms with E-state index in [1.807, 2.05) is 23.9 Å². The van der Waals surface area contributed by atoms with E-state index in [9.17, 15) is 38.4 Å². The minimum atomic E-state index is -0.480. The van der Waals surface area contributed by atoms with Gasteiger partial charge < -0.3 is 9.80 Å². The highest BCUT2D eigenvalue weighted by molar-refractivity contribution is 6.34. The van der Waals surface area contributed by atoms with Gasteiger partial charge in [0.1, 0.15) is 0 Å². The average molecular weight is 755 g/mol. The molecule has 4 aromatic carbocycles. The van der Waals surface area contributed by atoms with Crippen LogP contribution in [0.5, 0.6) is 0 Å². The first-order valence-corrected chi connectivity index (χ1v) is 19.0. The second-order valence-electron chi connectivity index (χ2n) is 15.2. The summed E-state index contributed by atoms with van der Waals surface area (Å²) in [6.45, 7) is 2.63. The maximum Gasteiger partial charge on any atom is 0.261 e. The molecule has 0 saturated heterocycles. The van der Waals surface area contributed by atoms with Crippen molar-refractivity contribution in [2.45, 2.75) is 25.7 Å². The first kappa shape index (κ1) is 35.6. The van der Waals surface area contributed by atoms with E-state index in [0.717, 1.165) is 0 Å². The summed E-state index contributed by atoms with van der Waals surface area (Å²) in [7, 11) is 3.76. The Labute approximate surface area is 321 Å². The molecule has 284 valence electrons. The van der Waals surface area contributed by atoms with Crippen molar-refractivity contribution in [3.8, 4) is 0 Å². The monoisotopic (exact) mass is 754 g/mol. The number of imide groups is 4. The smallest absolute Gasteiger partial charge is 0.261 e. The van der Waals surface area contributed by atoms with Crippen LogP contribution in [0.4, 0.5) is 0 Å². The Balaban J connectivity index is 1.01. The summed E-state index contributed by atoms with van der Waals surface area (Å²) in [5, 5.41) is 1.32. The first-order valence-electron chi connectivity index (χ1n) is 19.0. The van der Waals surface area contributed by atoms with Crippen molar-refractivity contribution in [3.05, 3.63) is 93.0 Å². The summed E-state index contributed by atoms with van der Waals surface area (Å²) in [5.41, 5.74) is 2.16. The molecule has 16 bridgehead atoms. The number of hydrogen-bond acceptors (Lipinski definition) is 10. The largest absolute Gasteiger partial charge is 0.306 e. The third-order valence-electron chi connectivity index (χ3n) is 11.8. The van der Waals surface area contributed by atoms with Gasteiger partial charge in [0.05, 0.1) is 0 Å². The van der Waals surface area contributed by atoms with Gasteiger partial charge in [-0.05, 0) is 114 Å². The Morgan fingerprint density at radius 2 is 0.446 bits per heavy atom. The van der Waals surface area contributed by atoms with Crippen molar-refractivity contribution >= 4 is 68.8 Å². The summed E-state index contributed by atoms with van der Waals surface area (Å²) in [6, 6.07) is 12.5. The Kier molecular flexibility index (Phi) is 8.43. The second kappa shape index (κ2) is 13.3. The summed E-state index contributed by atoms with van der Waals surface area (Å²) in [4.78, 5) is 119. The lowest BCUT2D eigenvalue weighted by Crippen LogP contribution is -2.45. The lowest BCUT2D eigenvalue weighted by atomic mass is 9.86. The van der Waals surface area contributed by atoms with Crippen LogP contribution in [0.3, 0.4) is 0 Å². The van der Waals surface area contributed by atoms with Crippen LogP contribution >= 0.6 is 0 Å². The van der Waals surface area contributed by atoms with E-state index in [-0.39, 0.29) is 70.7 Å². The van der Waals surface area contributed by atoms with Crippen LogP contribution in [-0.2, 0) is 0 Å². The van der Waals surface area contributed by atoms with Crippen LogP contribution in [0.1, 0.15) is 109 Å². The van der Waals surface area contributed by atoms with Crippen LogP contribution in [0.2, 0.25) is 0 Å². The molecule has 14 heteroatoms. The maximum absolute atomic E-state index is 13.8. The van der Waals surface area contributed by atoms with Gasteiger partial charge in [0, 0.05) is 92.2 Å². The highest BCUT2D eigenvalue weighted by Crippen LogP contribution is 2.39. The van der Waals surface area contributed by atoms with Gasteiger partial charge in [0.15, 0.2) is 0 Å². The molecule has 56 heavy (non-hydrogen) atoms. The van der Waals surface area contributed by atoms with E-state index >= 15 is 0 Å². The molecule has 0 fully saturated rings. The molecule has 0 saturated carbocycles. The molecular formula is C42H38N6O8. The summed E-state index contributed by atoms with van der Waals surface area (Å²) < 4.78 is 0. The Morgan fingerprint density at radius 1 is 0.286 bits per heavy atom. The summed E-state index contributed by atoms with van der Waals surface area (Å²) in [5.74, 6) is -3.84. The Bertz CT molecular complexity index is 2040. The van der Waals surface area contributed by atoms with E-state index in [2.05, 4.69) is 0 Å². The zero-order valence-electron chi connectivity index (χ0n) is 31.1. The van der Waals surface area contributed by atoms with Gasteiger partial charge in [0.2, 0.25) is 0 Å². The van der Waals surface area contributed by atoms with Crippen LogP contribution in [0, 0.1) is 0 Å². The van der Waals surface area contributed by atoms with Crippen LogP contribution in [0.15, 0.2) is 48.5 Å². The van der Waals surface area contributed by atoms with Crippen molar-refractivity contribution in [1.29, 1.82) is 0 Å². The van der Waals surface area contributed by atoms with Crippen LogP contribution in [-0.4, -0.2) is 143 Å². The number of rotatable bonds is 0. The molecule has 15 aliphatic heterocycles. The number of benzene rings is 4. The lowest BCUT2D eigenvalue weighted by Gasteiger charge is -2.33. The molecule has 0 spiro atoms. The molecule has 0 aromatic heterocycles. The zero-order chi connectivity index (χ0) is 39.2. The molecule has 0 unspecified atom stereocenters. The molecule has 15 aliphatic rings. The molecule has 0 radical (unpaired) electrons. The number of nitrogens with zero attached hydrogens (tertiary/aromatic N) is 6. The molecule has 4 aromatic rings. The number of hydrogen-bond donors (Lipinski definition) is 0. The standard InChI is InChI=1S/C42H38N6O8/c1-43-15-3-19-45-35(49)23-7-11-27-33-28(12-8-24(31(23)33)36(45)50)40(54)47(39(27)53)21-5-17-44(2)18-6-22-48-41(55)29-13-9-25-32-26(10-14-30(34(29)32)42(48)56)38(52)46(37(25)51)20-4-16-43/h7-14H,3-6,15-22H2,1-2H3. The summed E-state index contributed by atoms with van der Waals surface area (Å²) >= 11 is 0. The third kappa shape index (κ3) is 5.23. The fourth-order valence-corrected chi connectivity index (χ4v) is 8.98. The minimum Gasteiger partial charge on any atom is -0.306 e. The van der Waals surface area contributed by atoms with Gasteiger partial charge in [-0.15, -0.1) is 0 Å². The lowest BCUT2D eigenvalue weighted by molar-refractivity contribution is 0.0576. The van der Waals surface area contributed by atoms with Crippen LogP contribution < -0.4 is 0 Å². The normalized spacial score (nSPS) is 20.2. The second-order valence-corrected chi connectivity index (χ2v) is 15.2. The van der Waals surface area contributed by atoms with Gasteiger partial charge in [-0.3, -0.25) is 58.0 Å². The molecule has 14 nitrogen and oxygen atoms in total. The topological polar surface area (TPSA) is 156 Å². The Morgan fingerprint density at radius 3 is 0.607 bits per heavy atom. The van der Waals surface area contributed by atoms with Gasteiger partial charge in [-0.1, -0.05) is 0 Å². The zero-order valence-corrected chi connectivity index (χ0v) is 31.1. The SMILES string of the molecule is CN1CCCN2C(=O)c3ccc4c5c(ccc(c35)C2=O)C(=O)N(CCCN(C)CCCN2C(=O)c3ccc5c6c(ccc(c36)C2=O)C(=O)N(CCC1)C5=O)C4=O. The minimum absolute atomic E-state index is 0.142. The van der Waals surface area contributed by atoms with E-state index in [0.29, 0.717) is 73.4 Å². The van der Waals surface area contributed by atoms with E-state index in [4.69, 9.17) is 0 Å². The van der Waals surface area contributed by atoms with E-state index in [1.54, 1.807) is 48.5 Å². The van der Waals surface area contributed by atoms with E-state index in [1.165, 1.54) is 19.6 Å². The van der Waals surface area contributed by atoms with Gasteiger partial charge in [-0.25, -0.2) is 0 Å². The predicted molar refractivity (Wildman–Crippen MR) is 203 cm³/mol. The molecular weight excluding hydrogens is 716 g/mol. The van der Waals surface area contributed by atoms with Crippen molar-refractivity contribution in [1.82, 2.24) is 29.4 Å². The molecule has 8 amide bonds. The van der Waals surface area contributed by atoms with E-state index < -0.39 is 47.3 Å². The van der Waals surface area contributed by atoms with Gasteiger partial charge in [-0.2, -0.15) is 0 Å². The molecule has 0 atom stereocenters. The van der Waals surface area contributed by atoms with Gasteiger partial charge >= 0.3 is 0 Å². The molecule has 19 rings (SSSR count). The molecule has 0 N–H and O–H groups in total. The predicted octanol–water partition coefficient (Wildman–Crippen LogP) is 3.51. The van der Waals surface area contributed by atoms with Crippen molar-refractivity contribution in [2.75, 3.05) is 66.5 Å². The maximum atomic E-state index is 13.8. The fraction of sp³-hybridized carbons (Fsp3) is 0.333. The fourth-order valence-electron chi connectivity index (χ4n) is 8.98. The number of carbonyl (C=O) groups excluding carboxylic acids is 8. The van der Waals surface area contributed by atoms with Crippen LogP contribution in [0.25, 0.3) is 21.5 Å². The highest BCUT2D eigenvalue weighted by Gasteiger charge is 2.41. The molecule has 0 aliphatic carbocycles. The van der Waals surface area contributed by atoms with Crippen molar-refractivity contribution < 1.29 is 38.4 Å². The van der Waals surface area contributed by atoms with Crippen molar-refractivity contribution in [3.63, 3.8) is 0 Å². The highest BCUT2D eigenvalue weighted by atomic mass is 16.2. The first-order chi connectivity index (χ1) is 27.0. The quantitative estimate of drug-likeness (QED) is 0.244. The number of carbonyl (C=O) groups is 8. The van der Waals surface area contributed by atoms with Gasteiger partial charge in [0.25, 0.3) is 47.3 Å². The molecule has 15 heterocycles.